The lowest BCUT2D eigenvalue weighted by molar-refractivity contribution is -0.386. The predicted octanol–water partition coefficient (Wildman–Crippen LogP) is 2.99. The molecule has 0 heterocycles. The molecule has 0 bridgehead atoms. The minimum Gasteiger partial charge on any atom is -0.396 e. The number of aliphatic hydroxyl groups is 1. The van der Waals surface area contributed by atoms with Crippen LogP contribution in [0, 0.1) is 10.1 Å². The quantitative estimate of drug-likeness (QED) is 0.649. The number of hydrogen-bond donors (Lipinski definition) is 1. The van der Waals surface area contributed by atoms with Crippen molar-refractivity contribution in [3.8, 4) is 0 Å². The highest BCUT2D eigenvalue weighted by Crippen LogP contribution is 2.36. The third kappa shape index (κ3) is 2.82. The molecule has 1 N–H and O–H groups in total. The molecule has 0 amide bonds. The highest BCUT2D eigenvalue weighted by atomic mass is 16.6. The number of para-hydroxylation sites is 1. The van der Waals surface area contributed by atoms with Gasteiger partial charge in [-0.15, -0.1) is 0 Å². The van der Waals surface area contributed by atoms with Crippen molar-refractivity contribution < 1.29 is 10.0 Å². The Morgan fingerprint density at radius 1 is 1.41 bits per heavy atom. The third-order valence-corrected chi connectivity index (χ3v) is 2.86. The molecule has 17 heavy (non-hydrogen) atoms. The van der Waals surface area contributed by atoms with Gasteiger partial charge in [-0.2, -0.15) is 0 Å². The molecule has 0 aromatic heterocycles. The molecule has 0 spiro atoms. The first-order chi connectivity index (χ1) is 7.79. The van der Waals surface area contributed by atoms with Crippen LogP contribution in [0.25, 0.3) is 0 Å². The third-order valence-electron chi connectivity index (χ3n) is 2.86. The molecule has 4 heteroatoms. The molecule has 0 aliphatic carbocycles. The summed E-state index contributed by atoms with van der Waals surface area (Å²) in [5.41, 5.74) is 1.17. The summed E-state index contributed by atoms with van der Waals surface area (Å²) in [6, 6.07) is 5.31. The maximum Gasteiger partial charge on any atom is 0.276 e. The first kappa shape index (κ1) is 13.6. The summed E-state index contributed by atoms with van der Waals surface area (Å²) in [6.45, 7) is 7.54. The van der Waals surface area contributed by atoms with Crippen LogP contribution in [-0.4, -0.2) is 16.6 Å². The van der Waals surface area contributed by atoms with E-state index in [1.54, 1.807) is 19.1 Å². The number of nitro groups is 1. The van der Waals surface area contributed by atoms with Gasteiger partial charge in [0.05, 0.1) is 4.92 Å². The second-order valence-electron chi connectivity index (χ2n) is 5.33. The Morgan fingerprint density at radius 2 is 2.00 bits per heavy atom. The topological polar surface area (TPSA) is 63.4 Å². The molecule has 0 radical (unpaired) electrons. The van der Waals surface area contributed by atoms with Crippen molar-refractivity contribution >= 4 is 5.69 Å². The number of nitrogens with zero attached hydrogens (tertiary/aromatic N) is 1. The normalized spacial score (nSPS) is 13.5. The van der Waals surface area contributed by atoms with Crippen LogP contribution >= 0.6 is 0 Å². The van der Waals surface area contributed by atoms with Gasteiger partial charge in [0.25, 0.3) is 5.69 Å². The van der Waals surface area contributed by atoms with Crippen molar-refractivity contribution in [1.29, 1.82) is 0 Å². The Morgan fingerprint density at radius 3 is 2.41 bits per heavy atom. The average Bonchev–Trinajstić information content (AvgIpc) is 2.25. The Labute approximate surface area is 101 Å². The highest BCUT2D eigenvalue weighted by Gasteiger charge is 2.29. The molecule has 0 aliphatic heterocycles. The van der Waals surface area contributed by atoms with Gasteiger partial charge >= 0.3 is 0 Å². The molecule has 94 valence electrons. The van der Waals surface area contributed by atoms with E-state index in [0.29, 0.717) is 11.1 Å². The van der Waals surface area contributed by atoms with Gasteiger partial charge < -0.3 is 5.11 Å². The monoisotopic (exact) mass is 237 g/mol. The molecular formula is C13H19NO3. The van der Waals surface area contributed by atoms with Gasteiger partial charge in [-0.1, -0.05) is 45.9 Å². The number of benzene rings is 1. The summed E-state index contributed by atoms with van der Waals surface area (Å²) in [6.07, 6.45) is 0. The van der Waals surface area contributed by atoms with Crippen LogP contribution in [0.1, 0.15) is 44.7 Å². The average molecular weight is 237 g/mol. The highest BCUT2D eigenvalue weighted by molar-refractivity contribution is 5.52. The number of rotatable bonds is 3. The van der Waals surface area contributed by atoms with Crippen molar-refractivity contribution in [2.24, 2.45) is 0 Å². The van der Waals surface area contributed by atoms with Crippen LogP contribution in [0.15, 0.2) is 18.2 Å². The molecule has 0 saturated carbocycles. The Kier molecular flexibility index (Phi) is 3.88. The zero-order chi connectivity index (χ0) is 13.2. The van der Waals surface area contributed by atoms with Crippen molar-refractivity contribution in [2.75, 3.05) is 6.61 Å². The summed E-state index contributed by atoms with van der Waals surface area (Å²) >= 11 is 0. The van der Waals surface area contributed by atoms with E-state index in [-0.39, 0.29) is 28.6 Å². The van der Waals surface area contributed by atoms with Crippen molar-refractivity contribution in [3.63, 3.8) is 0 Å². The maximum atomic E-state index is 11.2. The molecule has 1 rings (SSSR count). The van der Waals surface area contributed by atoms with Crippen LogP contribution in [0.4, 0.5) is 5.69 Å². The molecule has 1 aromatic rings. The summed E-state index contributed by atoms with van der Waals surface area (Å²) in [7, 11) is 0. The molecular weight excluding hydrogens is 218 g/mol. The fraction of sp³-hybridized carbons (Fsp3) is 0.538. The van der Waals surface area contributed by atoms with Gasteiger partial charge in [0, 0.05) is 23.7 Å². The van der Waals surface area contributed by atoms with E-state index >= 15 is 0 Å². The largest absolute Gasteiger partial charge is 0.396 e. The van der Waals surface area contributed by atoms with E-state index in [0.717, 1.165) is 0 Å². The molecule has 0 fully saturated rings. The van der Waals surface area contributed by atoms with Gasteiger partial charge in [-0.3, -0.25) is 10.1 Å². The zero-order valence-corrected chi connectivity index (χ0v) is 10.7. The molecule has 4 nitrogen and oxygen atoms in total. The van der Waals surface area contributed by atoms with Crippen LogP contribution < -0.4 is 0 Å². The summed E-state index contributed by atoms with van der Waals surface area (Å²) < 4.78 is 0. The second-order valence-corrected chi connectivity index (χ2v) is 5.33. The minimum absolute atomic E-state index is 0.0889. The fourth-order valence-electron chi connectivity index (χ4n) is 1.87. The Bertz CT molecular complexity index is 421. The molecule has 0 saturated heterocycles. The van der Waals surface area contributed by atoms with E-state index in [9.17, 15) is 10.1 Å². The van der Waals surface area contributed by atoms with Gasteiger partial charge in [0.1, 0.15) is 0 Å². The Hall–Kier alpha value is -1.42. The molecule has 1 atom stereocenters. The first-order valence-electron chi connectivity index (χ1n) is 5.67. The standard InChI is InChI=1S/C13H19NO3/c1-9(8-15)10-6-5-7-11(13(2,3)4)12(10)14(16)17/h5-7,9,15H,8H2,1-4H3. The number of aliphatic hydroxyl groups excluding tert-OH is 1. The van der Waals surface area contributed by atoms with Crippen LogP contribution in [0.3, 0.4) is 0 Å². The van der Waals surface area contributed by atoms with Crippen LogP contribution in [-0.2, 0) is 5.41 Å². The lowest BCUT2D eigenvalue weighted by Gasteiger charge is -2.21. The zero-order valence-electron chi connectivity index (χ0n) is 10.7. The summed E-state index contributed by atoms with van der Waals surface area (Å²) in [5.74, 6) is -0.224. The van der Waals surface area contributed by atoms with E-state index in [1.807, 2.05) is 26.8 Å². The maximum absolute atomic E-state index is 11.2. The summed E-state index contributed by atoms with van der Waals surface area (Å²) in [4.78, 5) is 10.9. The van der Waals surface area contributed by atoms with Crippen molar-refractivity contribution in [2.45, 2.75) is 39.0 Å². The van der Waals surface area contributed by atoms with Crippen molar-refractivity contribution in [1.82, 2.24) is 0 Å². The van der Waals surface area contributed by atoms with E-state index in [4.69, 9.17) is 5.11 Å². The number of hydrogen-bond acceptors (Lipinski definition) is 3. The van der Waals surface area contributed by atoms with Gasteiger partial charge in [0.2, 0.25) is 0 Å². The van der Waals surface area contributed by atoms with Crippen LogP contribution in [0.2, 0.25) is 0 Å². The van der Waals surface area contributed by atoms with E-state index in [1.165, 1.54) is 0 Å². The summed E-state index contributed by atoms with van der Waals surface area (Å²) in [5, 5.41) is 20.4. The van der Waals surface area contributed by atoms with Gasteiger partial charge in [-0.25, -0.2) is 0 Å². The smallest absolute Gasteiger partial charge is 0.276 e. The number of nitro benzene ring substituents is 1. The van der Waals surface area contributed by atoms with Crippen LogP contribution in [0.5, 0.6) is 0 Å². The van der Waals surface area contributed by atoms with Gasteiger partial charge in [-0.05, 0) is 5.41 Å². The molecule has 0 aliphatic rings. The van der Waals surface area contributed by atoms with Gasteiger partial charge in [0.15, 0.2) is 0 Å². The first-order valence-corrected chi connectivity index (χ1v) is 5.67. The Balaban J connectivity index is 3.48. The minimum atomic E-state index is -0.345. The second kappa shape index (κ2) is 4.84. The van der Waals surface area contributed by atoms with Crippen molar-refractivity contribution in [3.05, 3.63) is 39.4 Å². The fourth-order valence-corrected chi connectivity index (χ4v) is 1.87. The molecule has 1 aromatic carbocycles. The lowest BCUT2D eigenvalue weighted by Crippen LogP contribution is -2.16. The van der Waals surface area contributed by atoms with E-state index < -0.39 is 0 Å². The van der Waals surface area contributed by atoms with E-state index in [2.05, 4.69) is 0 Å². The lowest BCUT2D eigenvalue weighted by atomic mass is 9.83. The molecule has 1 unspecified atom stereocenters. The predicted molar refractivity (Wildman–Crippen MR) is 67.3 cm³/mol. The SMILES string of the molecule is CC(CO)c1cccc(C(C)(C)C)c1[N+](=O)[O-].